The molecule has 2 N–H and O–H groups in total. The molecule has 1 amide bonds. The van der Waals surface area contributed by atoms with Crippen LogP contribution in [0.3, 0.4) is 0 Å². The van der Waals surface area contributed by atoms with Gasteiger partial charge in [-0.15, -0.1) is 0 Å². The molecule has 2 fully saturated rings. The molecule has 0 aromatic carbocycles. The molecule has 2 aliphatic carbocycles. The molecular formula is C18H22N4O2. The Bertz CT molecular complexity index is 743. The van der Waals surface area contributed by atoms with Crippen LogP contribution in [0.1, 0.15) is 35.3 Å². The second-order valence-corrected chi connectivity index (χ2v) is 6.92. The molecule has 2 aromatic heterocycles. The van der Waals surface area contributed by atoms with Crippen LogP contribution in [0.15, 0.2) is 30.6 Å². The summed E-state index contributed by atoms with van der Waals surface area (Å²) in [5.74, 6) is 1.84. The number of aliphatic hydroxyl groups excluding tert-OH is 1. The third-order valence-corrected chi connectivity index (χ3v) is 5.72. The van der Waals surface area contributed by atoms with Crippen LogP contribution >= 0.6 is 0 Å². The van der Waals surface area contributed by atoms with Gasteiger partial charge in [0.1, 0.15) is 0 Å². The van der Waals surface area contributed by atoms with Crippen molar-refractivity contribution in [1.82, 2.24) is 20.1 Å². The summed E-state index contributed by atoms with van der Waals surface area (Å²) >= 11 is 0. The van der Waals surface area contributed by atoms with Gasteiger partial charge in [-0.1, -0.05) is 6.07 Å². The first-order valence-electron chi connectivity index (χ1n) is 8.56. The van der Waals surface area contributed by atoms with Gasteiger partial charge in [0.25, 0.3) is 5.91 Å². The molecule has 126 valence electrons. The summed E-state index contributed by atoms with van der Waals surface area (Å²) in [7, 11) is 0. The largest absolute Gasteiger partial charge is 0.396 e. The fourth-order valence-corrected chi connectivity index (χ4v) is 4.47. The van der Waals surface area contributed by atoms with E-state index in [0.29, 0.717) is 23.2 Å². The van der Waals surface area contributed by atoms with E-state index in [2.05, 4.69) is 15.4 Å². The molecule has 2 bridgehead atoms. The Labute approximate surface area is 140 Å². The summed E-state index contributed by atoms with van der Waals surface area (Å²) in [4.78, 5) is 17.0. The van der Waals surface area contributed by atoms with Crippen LogP contribution in [0.2, 0.25) is 0 Å². The first kappa shape index (κ1) is 15.3. The van der Waals surface area contributed by atoms with E-state index in [4.69, 9.17) is 0 Å². The van der Waals surface area contributed by atoms with Gasteiger partial charge in [0, 0.05) is 24.8 Å². The molecule has 2 heterocycles. The minimum Gasteiger partial charge on any atom is -0.396 e. The number of nitrogens with zero attached hydrogens (tertiary/aromatic N) is 3. The summed E-state index contributed by atoms with van der Waals surface area (Å²) in [5.41, 5.74) is 1.34. The van der Waals surface area contributed by atoms with Gasteiger partial charge in [0.05, 0.1) is 17.5 Å². The third kappa shape index (κ3) is 2.41. The van der Waals surface area contributed by atoms with E-state index < -0.39 is 0 Å². The zero-order valence-electron chi connectivity index (χ0n) is 13.7. The zero-order chi connectivity index (χ0) is 16.7. The number of nitrogens with one attached hydrogen (secondary N) is 1. The SMILES string of the molecule is Cc1c(C(=O)NC2C3CCC(C3)C2CO)cnn1-c1ccccn1. The fourth-order valence-electron chi connectivity index (χ4n) is 4.47. The molecule has 0 aliphatic heterocycles. The van der Waals surface area contributed by atoms with Crippen LogP contribution in [-0.2, 0) is 0 Å². The highest BCUT2D eigenvalue weighted by Crippen LogP contribution is 2.48. The lowest BCUT2D eigenvalue weighted by molar-refractivity contribution is 0.0861. The molecule has 6 heteroatoms. The Morgan fingerprint density at radius 3 is 2.96 bits per heavy atom. The van der Waals surface area contributed by atoms with Gasteiger partial charge < -0.3 is 10.4 Å². The number of rotatable bonds is 4. The van der Waals surface area contributed by atoms with Crippen LogP contribution in [0, 0.1) is 24.7 Å². The highest BCUT2D eigenvalue weighted by Gasteiger charge is 2.47. The van der Waals surface area contributed by atoms with Crippen LogP contribution in [0.4, 0.5) is 0 Å². The maximum absolute atomic E-state index is 12.7. The molecule has 6 nitrogen and oxygen atoms in total. The molecule has 2 aromatic rings. The normalized spacial score (nSPS) is 28.2. The Morgan fingerprint density at radius 1 is 1.38 bits per heavy atom. The average molecular weight is 326 g/mol. The van der Waals surface area contributed by atoms with Crippen molar-refractivity contribution >= 4 is 5.91 Å². The molecule has 4 rings (SSSR count). The quantitative estimate of drug-likeness (QED) is 0.896. The second kappa shape index (κ2) is 6.02. The minimum absolute atomic E-state index is 0.0823. The van der Waals surface area contributed by atoms with E-state index in [0.717, 1.165) is 18.5 Å². The Morgan fingerprint density at radius 2 is 2.21 bits per heavy atom. The fraction of sp³-hybridized carbons (Fsp3) is 0.500. The smallest absolute Gasteiger partial charge is 0.255 e. The number of aromatic nitrogens is 3. The van der Waals surface area contributed by atoms with Crippen molar-refractivity contribution in [2.75, 3.05) is 6.61 Å². The van der Waals surface area contributed by atoms with Crippen molar-refractivity contribution in [3.63, 3.8) is 0 Å². The third-order valence-electron chi connectivity index (χ3n) is 5.72. The molecule has 2 aliphatic rings. The van der Waals surface area contributed by atoms with E-state index in [-0.39, 0.29) is 24.5 Å². The molecule has 0 spiro atoms. The predicted molar refractivity (Wildman–Crippen MR) is 88.8 cm³/mol. The number of carbonyl (C=O) groups excluding carboxylic acids is 1. The number of amides is 1. The lowest BCUT2D eigenvalue weighted by Crippen LogP contribution is -2.45. The summed E-state index contributed by atoms with van der Waals surface area (Å²) in [6, 6.07) is 5.68. The van der Waals surface area contributed by atoms with Crippen LogP contribution in [-0.4, -0.2) is 38.4 Å². The minimum atomic E-state index is -0.106. The van der Waals surface area contributed by atoms with Crippen molar-refractivity contribution in [2.45, 2.75) is 32.2 Å². The first-order valence-corrected chi connectivity index (χ1v) is 8.56. The Kier molecular flexibility index (Phi) is 3.84. The predicted octanol–water partition coefficient (Wildman–Crippen LogP) is 1.71. The van der Waals surface area contributed by atoms with E-state index in [1.807, 2.05) is 25.1 Å². The van der Waals surface area contributed by atoms with Gasteiger partial charge >= 0.3 is 0 Å². The maximum atomic E-state index is 12.7. The monoisotopic (exact) mass is 326 g/mol. The number of pyridine rings is 1. The van der Waals surface area contributed by atoms with Gasteiger partial charge in [-0.25, -0.2) is 9.67 Å². The van der Waals surface area contributed by atoms with Crippen molar-refractivity contribution in [3.05, 3.63) is 41.9 Å². The number of aliphatic hydroxyl groups is 1. The molecule has 0 saturated heterocycles. The number of hydrogen-bond acceptors (Lipinski definition) is 4. The Hall–Kier alpha value is -2.21. The van der Waals surface area contributed by atoms with Crippen molar-refractivity contribution in [1.29, 1.82) is 0 Å². The van der Waals surface area contributed by atoms with Gasteiger partial charge in [0.15, 0.2) is 5.82 Å². The highest BCUT2D eigenvalue weighted by molar-refractivity contribution is 5.95. The lowest BCUT2D eigenvalue weighted by Gasteiger charge is -2.30. The molecular weight excluding hydrogens is 304 g/mol. The van der Waals surface area contributed by atoms with E-state index in [1.165, 1.54) is 6.42 Å². The maximum Gasteiger partial charge on any atom is 0.255 e. The summed E-state index contributed by atoms with van der Waals surface area (Å²) in [6.45, 7) is 2.03. The van der Waals surface area contributed by atoms with Gasteiger partial charge in [-0.05, 0) is 50.2 Å². The molecule has 2 saturated carbocycles. The summed E-state index contributed by atoms with van der Waals surface area (Å²) < 4.78 is 1.68. The first-order chi connectivity index (χ1) is 11.7. The summed E-state index contributed by atoms with van der Waals surface area (Å²) in [5, 5.41) is 17.1. The topological polar surface area (TPSA) is 80.0 Å². The van der Waals surface area contributed by atoms with E-state index in [1.54, 1.807) is 17.1 Å². The number of fused-ring (bicyclic) bond motifs is 2. The van der Waals surface area contributed by atoms with E-state index >= 15 is 0 Å². The van der Waals surface area contributed by atoms with Gasteiger partial charge in [-0.2, -0.15) is 5.10 Å². The van der Waals surface area contributed by atoms with E-state index in [9.17, 15) is 9.90 Å². The van der Waals surface area contributed by atoms with Crippen molar-refractivity contribution in [2.24, 2.45) is 17.8 Å². The van der Waals surface area contributed by atoms with Gasteiger partial charge in [-0.3, -0.25) is 4.79 Å². The molecule has 4 unspecified atom stereocenters. The standard InChI is InChI=1S/C18H22N4O2/c1-11-14(9-20-22(11)16-4-2-3-7-19-16)18(24)21-17-13-6-5-12(8-13)15(17)10-23/h2-4,7,9,12-13,15,17,23H,5-6,8,10H2,1H3,(H,21,24). The highest BCUT2D eigenvalue weighted by atomic mass is 16.3. The zero-order valence-corrected chi connectivity index (χ0v) is 13.7. The summed E-state index contributed by atoms with van der Waals surface area (Å²) in [6.07, 6.45) is 6.76. The van der Waals surface area contributed by atoms with Crippen LogP contribution < -0.4 is 5.32 Å². The van der Waals surface area contributed by atoms with Crippen molar-refractivity contribution in [3.8, 4) is 5.82 Å². The number of hydrogen-bond donors (Lipinski definition) is 2. The van der Waals surface area contributed by atoms with Gasteiger partial charge in [0.2, 0.25) is 0 Å². The van der Waals surface area contributed by atoms with Crippen LogP contribution in [0.5, 0.6) is 0 Å². The van der Waals surface area contributed by atoms with Crippen LogP contribution in [0.25, 0.3) is 5.82 Å². The Balaban J connectivity index is 1.54. The molecule has 4 atom stereocenters. The second-order valence-electron chi connectivity index (χ2n) is 6.92. The number of carbonyl (C=O) groups is 1. The average Bonchev–Trinajstić information content (AvgIpc) is 3.30. The lowest BCUT2D eigenvalue weighted by atomic mass is 9.85. The van der Waals surface area contributed by atoms with Crippen molar-refractivity contribution < 1.29 is 9.90 Å². The molecule has 24 heavy (non-hydrogen) atoms. The molecule has 0 radical (unpaired) electrons.